The standard InChI is InChI=1S/C14H20ClNO3S/c1-10-6-7-14(12(15)9-10)20(18,19)16-8-4-3-5-13(16)11(2)17/h6-7,9,11,13,17H,3-5,8H2,1-2H3. The first-order chi connectivity index (χ1) is 9.34. The molecule has 2 rings (SSSR count). The fourth-order valence-electron chi connectivity index (χ4n) is 2.65. The van der Waals surface area contributed by atoms with Crippen molar-refractivity contribution < 1.29 is 13.5 Å². The zero-order chi connectivity index (χ0) is 14.9. The van der Waals surface area contributed by atoms with E-state index in [1.54, 1.807) is 25.1 Å². The molecule has 0 aromatic heterocycles. The molecule has 2 unspecified atom stereocenters. The highest BCUT2D eigenvalue weighted by Gasteiger charge is 2.36. The van der Waals surface area contributed by atoms with Crippen LogP contribution in [0.1, 0.15) is 31.7 Å². The molecule has 1 N–H and O–H groups in total. The van der Waals surface area contributed by atoms with E-state index in [1.807, 2.05) is 6.92 Å². The summed E-state index contributed by atoms with van der Waals surface area (Å²) in [5, 5.41) is 10.1. The summed E-state index contributed by atoms with van der Waals surface area (Å²) in [4.78, 5) is 0.123. The molecule has 20 heavy (non-hydrogen) atoms. The predicted octanol–water partition coefficient (Wildman–Crippen LogP) is 2.57. The minimum atomic E-state index is -3.66. The van der Waals surface area contributed by atoms with Crippen LogP contribution in [0.4, 0.5) is 0 Å². The summed E-state index contributed by atoms with van der Waals surface area (Å²) >= 11 is 6.09. The van der Waals surface area contributed by atoms with Crippen molar-refractivity contribution in [2.45, 2.75) is 50.2 Å². The lowest BCUT2D eigenvalue weighted by Crippen LogP contribution is -2.48. The number of nitrogens with zero attached hydrogens (tertiary/aromatic N) is 1. The molecule has 2 atom stereocenters. The van der Waals surface area contributed by atoms with Crippen LogP contribution in [0.3, 0.4) is 0 Å². The fourth-order valence-corrected chi connectivity index (χ4v) is 4.99. The summed E-state index contributed by atoms with van der Waals surface area (Å²) in [5.74, 6) is 0. The molecule has 1 aromatic carbocycles. The molecule has 1 aliphatic rings. The number of hydrogen-bond acceptors (Lipinski definition) is 3. The van der Waals surface area contributed by atoms with Gasteiger partial charge in [-0.1, -0.05) is 24.1 Å². The Labute approximate surface area is 125 Å². The first-order valence-electron chi connectivity index (χ1n) is 6.80. The van der Waals surface area contributed by atoms with Gasteiger partial charge in [-0.15, -0.1) is 0 Å². The van der Waals surface area contributed by atoms with Crippen molar-refractivity contribution in [3.05, 3.63) is 28.8 Å². The topological polar surface area (TPSA) is 57.6 Å². The first-order valence-corrected chi connectivity index (χ1v) is 8.62. The third-order valence-corrected chi connectivity index (χ3v) is 6.14. The highest BCUT2D eigenvalue weighted by molar-refractivity contribution is 7.89. The number of aliphatic hydroxyl groups is 1. The van der Waals surface area contributed by atoms with Crippen LogP contribution in [0, 0.1) is 6.92 Å². The van der Waals surface area contributed by atoms with Gasteiger partial charge in [0.15, 0.2) is 0 Å². The van der Waals surface area contributed by atoms with Gasteiger partial charge in [0.1, 0.15) is 4.90 Å². The molecule has 0 bridgehead atoms. The van der Waals surface area contributed by atoms with E-state index in [4.69, 9.17) is 11.6 Å². The summed E-state index contributed by atoms with van der Waals surface area (Å²) in [6.45, 7) is 3.93. The molecular weight excluding hydrogens is 298 g/mol. The molecule has 6 heteroatoms. The predicted molar refractivity (Wildman–Crippen MR) is 79.4 cm³/mol. The van der Waals surface area contributed by atoms with Crippen molar-refractivity contribution in [1.82, 2.24) is 4.31 Å². The lowest BCUT2D eigenvalue weighted by molar-refractivity contribution is 0.0831. The Balaban J connectivity index is 2.42. The second kappa shape index (κ2) is 6.02. The summed E-state index contributed by atoms with van der Waals surface area (Å²) < 4.78 is 26.9. The highest BCUT2D eigenvalue weighted by atomic mass is 35.5. The van der Waals surface area contributed by atoms with Gasteiger partial charge in [-0.25, -0.2) is 8.42 Å². The second-order valence-corrected chi connectivity index (χ2v) is 7.62. The third kappa shape index (κ3) is 3.01. The quantitative estimate of drug-likeness (QED) is 0.932. The molecule has 0 spiro atoms. The fraction of sp³-hybridized carbons (Fsp3) is 0.571. The number of hydrogen-bond donors (Lipinski definition) is 1. The van der Waals surface area contributed by atoms with Crippen molar-refractivity contribution in [3.63, 3.8) is 0 Å². The molecule has 1 heterocycles. The Morgan fingerprint density at radius 2 is 2.10 bits per heavy atom. The number of aliphatic hydroxyl groups excluding tert-OH is 1. The van der Waals surface area contributed by atoms with Crippen molar-refractivity contribution in [2.75, 3.05) is 6.54 Å². The number of aryl methyl sites for hydroxylation is 1. The molecular formula is C14H20ClNO3S. The van der Waals surface area contributed by atoms with Crippen LogP contribution in [-0.4, -0.2) is 36.5 Å². The second-order valence-electron chi connectivity index (χ2n) is 5.35. The maximum Gasteiger partial charge on any atom is 0.244 e. The van der Waals surface area contributed by atoms with E-state index in [1.165, 1.54) is 4.31 Å². The van der Waals surface area contributed by atoms with Crippen LogP contribution in [0.25, 0.3) is 0 Å². The number of piperidine rings is 1. The maximum absolute atomic E-state index is 12.8. The van der Waals surface area contributed by atoms with Gasteiger partial charge in [0.05, 0.1) is 17.2 Å². The number of halogens is 1. The Bertz CT molecular complexity index is 586. The van der Waals surface area contributed by atoms with Crippen LogP contribution < -0.4 is 0 Å². The number of benzene rings is 1. The monoisotopic (exact) mass is 317 g/mol. The zero-order valence-corrected chi connectivity index (χ0v) is 13.3. The molecule has 112 valence electrons. The van der Waals surface area contributed by atoms with E-state index in [0.717, 1.165) is 18.4 Å². The van der Waals surface area contributed by atoms with E-state index in [2.05, 4.69) is 0 Å². The molecule has 1 saturated heterocycles. The van der Waals surface area contributed by atoms with E-state index in [-0.39, 0.29) is 16.0 Å². The van der Waals surface area contributed by atoms with E-state index < -0.39 is 16.1 Å². The average Bonchev–Trinajstić information content (AvgIpc) is 2.38. The molecule has 1 aromatic rings. The maximum atomic E-state index is 12.8. The minimum absolute atomic E-state index is 0.123. The van der Waals surface area contributed by atoms with Crippen LogP contribution >= 0.6 is 11.6 Å². The van der Waals surface area contributed by atoms with Gasteiger partial charge in [-0.2, -0.15) is 4.31 Å². The van der Waals surface area contributed by atoms with E-state index in [0.29, 0.717) is 13.0 Å². The summed E-state index contributed by atoms with van der Waals surface area (Å²) in [6.07, 6.45) is 1.74. The Kier molecular flexibility index (Phi) is 4.74. The molecule has 0 radical (unpaired) electrons. The van der Waals surface area contributed by atoms with Gasteiger partial charge in [-0.3, -0.25) is 0 Å². The number of sulfonamides is 1. The van der Waals surface area contributed by atoms with Crippen molar-refractivity contribution in [3.8, 4) is 0 Å². The van der Waals surface area contributed by atoms with Crippen LogP contribution in [0.5, 0.6) is 0 Å². The lowest BCUT2D eigenvalue weighted by atomic mass is 10.0. The van der Waals surface area contributed by atoms with Gasteiger partial charge >= 0.3 is 0 Å². The average molecular weight is 318 g/mol. The molecule has 1 aliphatic heterocycles. The third-order valence-electron chi connectivity index (χ3n) is 3.73. The molecule has 0 saturated carbocycles. The molecule has 0 aliphatic carbocycles. The number of rotatable bonds is 3. The molecule has 1 fully saturated rings. The van der Waals surface area contributed by atoms with Crippen molar-refractivity contribution >= 4 is 21.6 Å². The van der Waals surface area contributed by atoms with Crippen LogP contribution in [-0.2, 0) is 10.0 Å². The zero-order valence-electron chi connectivity index (χ0n) is 11.7. The van der Waals surface area contributed by atoms with Gasteiger partial charge in [0.25, 0.3) is 0 Å². The van der Waals surface area contributed by atoms with E-state index >= 15 is 0 Å². The van der Waals surface area contributed by atoms with Crippen LogP contribution in [0.2, 0.25) is 5.02 Å². The normalized spacial score (nSPS) is 22.7. The summed E-state index contributed by atoms with van der Waals surface area (Å²) in [7, 11) is -3.66. The SMILES string of the molecule is Cc1ccc(S(=O)(=O)N2CCCCC2C(C)O)c(Cl)c1. The Hall–Kier alpha value is -0.620. The van der Waals surface area contributed by atoms with Gasteiger partial charge in [0.2, 0.25) is 10.0 Å². The van der Waals surface area contributed by atoms with E-state index in [9.17, 15) is 13.5 Å². The lowest BCUT2D eigenvalue weighted by Gasteiger charge is -2.36. The van der Waals surface area contributed by atoms with Crippen molar-refractivity contribution in [1.29, 1.82) is 0 Å². The minimum Gasteiger partial charge on any atom is -0.392 e. The summed E-state index contributed by atoms with van der Waals surface area (Å²) in [5.41, 5.74) is 0.916. The van der Waals surface area contributed by atoms with Gasteiger partial charge in [0, 0.05) is 6.54 Å². The Morgan fingerprint density at radius 1 is 1.40 bits per heavy atom. The highest BCUT2D eigenvalue weighted by Crippen LogP contribution is 2.31. The first kappa shape index (κ1) is 15.8. The Morgan fingerprint density at radius 3 is 2.70 bits per heavy atom. The smallest absolute Gasteiger partial charge is 0.244 e. The molecule has 4 nitrogen and oxygen atoms in total. The van der Waals surface area contributed by atoms with Gasteiger partial charge in [-0.05, 0) is 44.4 Å². The largest absolute Gasteiger partial charge is 0.392 e. The summed E-state index contributed by atoms with van der Waals surface area (Å²) in [6, 6.07) is 4.56. The van der Waals surface area contributed by atoms with Crippen molar-refractivity contribution in [2.24, 2.45) is 0 Å². The molecule has 0 amide bonds. The van der Waals surface area contributed by atoms with Gasteiger partial charge < -0.3 is 5.11 Å². The van der Waals surface area contributed by atoms with Crippen LogP contribution in [0.15, 0.2) is 23.1 Å².